The Labute approximate surface area is 98.5 Å². The van der Waals surface area contributed by atoms with Gasteiger partial charge in [0.15, 0.2) is 0 Å². The van der Waals surface area contributed by atoms with Gasteiger partial charge in [-0.25, -0.2) is 0 Å². The topological polar surface area (TPSA) is 38.0 Å². The number of aromatic nitrogens is 2. The van der Waals surface area contributed by atoms with Crippen molar-refractivity contribution >= 4 is 0 Å². The Bertz CT molecular complexity index is 342. The number of rotatable bonds is 5. The van der Waals surface area contributed by atoms with E-state index in [2.05, 4.69) is 38.9 Å². The minimum absolute atomic E-state index is 0.0310. The fourth-order valence-corrected chi connectivity index (χ4v) is 1.75. The average Bonchev–Trinajstić information content (AvgIpc) is 2.58. The molecule has 0 saturated carbocycles. The van der Waals surface area contributed by atoms with Crippen molar-refractivity contribution < 1.29 is 5.11 Å². The van der Waals surface area contributed by atoms with Crippen LogP contribution in [0, 0.1) is 12.3 Å². The van der Waals surface area contributed by atoms with Crippen LogP contribution >= 0.6 is 0 Å². The fourth-order valence-electron chi connectivity index (χ4n) is 1.75. The zero-order valence-corrected chi connectivity index (χ0v) is 11.1. The molecule has 0 amide bonds. The molecule has 1 rings (SSSR count). The summed E-state index contributed by atoms with van der Waals surface area (Å²) in [4.78, 5) is 0. The Morgan fingerprint density at radius 2 is 2.06 bits per heavy atom. The summed E-state index contributed by atoms with van der Waals surface area (Å²) in [6.45, 7) is 11.3. The van der Waals surface area contributed by atoms with E-state index in [0.29, 0.717) is 6.42 Å². The van der Waals surface area contributed by atoms with E-state index in [-0.39, 0.29) is 11.5 Å². The van der Waals surface area contributed by atoms with Crippen LogP contribution in [0.5, 0.6) is 0 Å². The Morgan fingerprint density at radius 3 is 2.56 bits per heavy atom. The molecule has 1 unspecified atom stereocenters. The van der Waals surface area contributed by atoms with E-state index in [1.54, 1.807) is 0 Å². The van der Waals surface area contributed by atoms with Crippen LogP contribution in [0.15, 0.2) is 6.07 Å². The second kappa shape index (κ2) is 5.00. The van der Waals surface area contributed by atoms with Crippen molar-refractivity contribution in [3.05, 3.63) is 17.5 Å². The molecule has 16 heavy (non-hydrogen) atoms. The highest BCUT2D eigenvalue weighted by atomic mass is 16.3. The molecular formula is C13H24N2O. The zero-order chi connectivity index (χ0) is 12.3. The van der Waals surface area contributed by atoms with Gasteiger partial charge in [-0.3, -0.25) is 4.68 Å². The molecule has 0 aliphatic rings. The number of nitrogens with zero attached hydrogens (tertiary/aromatic N) is 2. The molecule has 0 saturated heterocycles. The molecule has 0 aliphatic carbocycles. The fraction of sp³-hybridized carbons (Fsp3) is 0.769. The van der Waals surface area contributed by atoms with Crippen molar-refractivity contribution in [3.63, 3.8) is 0 Å². The molecular weight excluding hydrogens is 200 g/mol. The Hall–Kier alpha value is -0.830. The minimum Gasteiger partial charge on any atom is -0.392 e. The van der Waals surface area contributed by atoms with Crippen LogP contribution in [-0.2, 0) is 13.0 Å². The largest absolute Gasteiger partial charge is 0.392 e. The number of hydrogen-bond acceptors (Lipinski definition) is 2. The van der Waals surface area contributed by atoms with E-state index >= 15 is 0 Å². The van der Waals surface area contributed by atoms with Gasteiger partial charge in [0, 0.05) is 18.7 Å². The minimum atomic E-state index is -0.307. The predicted molar refractivity (Wildman–Crippen MR) is 66.4 cm³/mol. The molecule has 3 heteroatoms. The lowest BCUT2D eigenvalue weighted by Gasteiger charge is -2.29. The van der Waals surface area contributed by atoms with E-state index in [1.807, 2.05) is 11.6 Å². The molecule has 0 spiro atoms. The Morgan fingerprint density at radius 1 is 1.44 bits per heavy atom. The molecule has 0 fully saturated rings. The average molecular weight is 224 g/mol. The normalized spacial score (nSPS) is 14.1. The van der Waals surface area contributed by atoms with Crippen LogP contribution in [0.25, 0.3) is 0 Å². The predicted octanol–water partition coefficient (Wildman–Crippen LogP) is 2.55. The third kappa shape index (κ3) is 2.85. The maximum atomic E-state index is 10.2. The molecule has 3 nitrogen and oxygen atoms in total. The van der Waals surface area contributed by atoms with Gasteiger partial charge < -0.3 is 5.11 Å². The molecule has 1 aromatic rings. The van der Waals surface area contributed by atoms with Crippen LogP contribution in [-0.4, -0.2) is 21.0 Å². The van der Waals surface area contributed by atoms with E-state index in [9.17, 15) is 5.11 Å². The van der Waals surface area contributed by atoms with E-state index in [0.717, 1.165) is 24.4 Å². The standard InChI is InChI=1S/C13H24N2O/c1-6-13(4,5)12(16)9-11-8-10(3)14-15(11)7-2/h8,12,16H,6-7,9H2,1-5H3. The molecule has 0 bridgehead atoms. The number of aliphatic hydroxyl groups is 1. The molecule has 1 N–H and O–H groups in total. The van der Waals surface area contributed by atoms with Gasteiger partial charge in [-0.15, -0.1) is 0 Å². The van der Waals surface area contributed by atoms with E-state index < -0.39 is 0 Å². The highest BCUT2D eigenvalue weighted by Crippen LogP contribution is 2.27. The highest BCUT2D eigenvalue weighted by molar-refractivity contribution is 5.10. The summed E-state index contributed by atoms with van der Waals surface area (Å²) in [5.74, 6) is 0. The van der Waals surface area contributed by atoms with Crippen molar-refractivity contribution in [1.29, 1.82) is 0 Å². The summed E-state index contributed by atoms with van der Waals surface area (Å²) in [6.07, 6.45) is 1.36. The Balaban J connectivity index is 2.80. The second-order valence-corrected chi connectivity index (χ2v) is 5.15. The molecule has 0 aliphatic heterocycles. The van der Waals surface area contributed by atoms with Gasteiger partial charge in [0.1, 0.15) is 0 Å². The molecule has 1 atom stereocenters. The first-order valence-electron chi connectivity index (χ1n) is 6.12. The molecule has 0 aromatic carbocycles. The van der Waals surface area contributed by atoms with Crippen LogP contribution in [0.1, 0.15) is 45.5 Å². The summed E-state index contributed by atoms with van der Waals surface area (Å²) < 4.78 is 1.98. The lowest BCUT2D eigenvalue weighted by atomic mass is 9.82. The van der Waals surface area contributed by atoms with Crippen molar-refractivity contribution in [2.24, 2.45) is 5.41 Å². The van der Waals surface area contributed by atoms with Gasteiger partial charge in [0.25, 0.3) is 0 Å². The van der Waals surface area contributed by atoms with Crippen LogP contribution in [0.4, 0.5) is 0 Å². The molecule has 0 radical (unpaired) electrons. The first kappa shape index (κ1) is 13.2. The highest BCUT2D eigenvalue weighted by Gasteiger charge is 2.26. The second-order valence-electron chi connectivity index (χ2n) is 5.15. The van der Waals surface area contributed by atoms with Crippen LogP contribution in [0.3, 0.4) is 0 Å². The number of aliphatic hydroxyl groups excluding tert-OH is 1. The summed E-state index contributed by atoms with van der Waals surface area (Å²) >= 11 is 0. The van der Waals surface area contributed by atoms with Crippen molar-refractivity contribution in [1.82, 2.24) is 9.78 Å². The third-order valence-electron chi connectivity index (χ3n) is 3.50. The summed E-state index contributed by atoms with van der Waals surface area (Å²) in [5.41, 5.74) is 2.13. The number of hydrogen-bond donors (Lipinski definition) is 1. The van der Waals surface area contributed by atoms with Gasteiger partial charge in [0.2, 0.25) is 0 Å². The Kier molecular flexibility index (Phi) is 4.14. The van der Waals surface area contributed by atoms with Gasteiger partial charge in [-0.1, -0.05) is 20.8 Å². The first-order valence-corrected chi connectivity index (χ1v) is 6.12. The summed E-state index contributed by atoms with van der Waals surface area (Å²) in [6, 6.07) is 2.07. The van der Waals surface area contributed by atoms with Crippen molar-refractivity contribution in [2.45, 2.75) is 60.1 Å². The van der Waals surface area contributed by atoms with Crippen LogP contribution in [0.2, 0.25) is 0 Å². The molecule has 1 heterocycles. The SMILES string of the molecule is CCn1nc(C)cc1CC(O)C(C)(C)CC. The maximum absolute atomic E-state index is 10.2. The summed E-state index contributed by atoms with van der Waals surface area (Å²) in [7, 11) is 0. The van der Waals surface area contributed by atoms with Gasteiger partial charge in [0.05, 0.1) is 11.8 Å². The van der Waals surface area contributed by atoms with Gasteiger partial charge >= 0.3 is 0 Å². The molecule has 1 aromatic heterocycles. The first-order chi connectivity index (χ1) is 7.40. The summed E-state index contributed by atoms with van der Waals surface area (Å²) in [5, 5.41) is 14.6. The smallest absolute Gasteiger partial charge is 0.0646 e. The van der Waals surface area contributed by atoms with E-state index in [1.165, 1.54) is 0 Å². The van der Waals surface area contributed by atoms with Gasteiger partial charge in [-0.2, -0.15) is 5.10 Å². The van der Waals surface area contributed by atoms with E-state index in [4.69, 9.17) is 0 Å². The monoisotopic (exact) mass is 224 g/mol. The lowest BCUT2D eigenvalue weighted by Crippen LogP contribution is -2.31. The molecule has 92 valence electrons. The van der Waals surface area contributed by atoms with Crippen molar-refractivity contribution in [2.75, 3.05) is 0 Å². The maximum Gasteiger partial charge on any atom is 0.0646 e. The van der Waals surface area contributed by atoms with Crippen LogP contribution < -0.4 is 0 Å². The van der Waals surface area contributed by atoms with Crippen molar-refractivity contribution in [3.8, 4) is 0 Å². The quantitative estimate of drug-likeness (QED) is 0.834. The number of aryl methyl sites for hydroxylation is 2. The zero-order valence-electron chi connectivity index (χ0n) is 11.1. The third-order valence-corrected chi connectivity index (χ3v) is 3.50. The lowest BCUT2D eigenvalue weighted by molar-refractivity contribution is 0.0463. The van der Waals surface area contributed by atoms with Gasteiger partial charge in [-0.05, 0) is 31.7 Å².